The van der Waals surface area contributed by atoms with Gasteiger partial charge in [-0.1, -0.05) is 6.07 Å². The zero-order valence-corrected chi connectivity index (χ0v) is 10.5. The van der Waals surface area contributed by atoms with Gasteiger partial charge in [0.15, 0.2) is 0 Å². The molecule has 0 atom stereocenters. The summed E-state index contributed by atoms with van der Waals surface area (Å²) < 4.78 is 19.2. The van der Waals surface area contributed by atoms with Crippen molar-refractivity contribution in [3.8, 4) is 6.07 Å². The highest BCUT2D eigenvalue weighted by molar-refractivity contribution is 5.96. The van der Waals surface area contributed by atoms with Crippen molar-refractivity contribution in [2.45, 2.75) is 13.5 Å². The number of nitriles is 1. The minimum atomic E-state index is -0.590. The normalized spacial score (nSPS) is 10.4. The molecule has 98 valence electrons. The number of rotatable bonds is 4. The summed E-state index contributed by atoms with van der Waals surface area (Å²) in [6, 6.07) is 8.74. The molecular formula is C14H13FN2O2. The lowest BCUT2D eigenvalue weighted by molar-refractivity contribution is 0.0514. The molecule has 1 aromatic carbocycles. The Balaban J connectivity index is 2.60. The third-order valence-corrected chi connectivity index (χ3v) is 2.83. The van der Waals surface area contributed by atoms with Crippen molar-refractivity contribution < 1.29 is 13.9 Å². The molecule has 2 rings (SSSR count). The average molecular weight is 260 g/mol. The molecule has 0 saturated heterocycles. The van der Waals surface area contributed by atoms with Crippen LogP contribution < -0.4 is 0 Å². The highest BCUT2D eigenvalue weighted by atomic mass is 19.1. The lowest BCUT2D eigenvalue weighted by Gasteiger charge is -2.07. The van der Waals surface area contributed by atoms with Gasteiger partial charge in [0.25, 0.3) is 0 Å². The van der Waals surface area contributed by atoms with Crippen LogP contribution in [0.2, 0.25) is 0 Å². The first kappa shape index (κ1) is 13.1. The van der Waals surface area contributed by atoms with Crippen molar-refractivity contribution in [1.82, 2.24) is 4.57 Å². The SMILES string of the molecule is CCOC(=O)c1cc2ccc(C#N)cc2n1CCF. The molecule has 0 aliphatic carbocycles. The first-order valence-electron chi connectivity index (χ1n) is 5.97. The Morgan fingerprint density at radius 2 is 2.26 bits per heavy atom. The number of aromatic nitrogens is 1. The number of carbonyl (C=O) groups excluding carboxylic acids is 1. The fourth-order valence-corrected chi connectivity index (χ4v) is 2.02. The second-order valence-corrected chi connectivity index (χ2v) is 3.98. The lowest BCUT2D eigenvalue weighted by atomic mass is 10.2. The fraction of sp³-hybridized carbons (Fsp3) is 0.286. The van der Waals surface area contributed by atoms with Crippen molar-refractivity contribution in [1.29, 1.82) is 5.26 Å². The monoisotopic (exact) mass is 260 g/mol. The predicted octanol–water partition coefficient (Wildman–Crippen LogP) is 2.66. The molecule has 19 heavy (non-hydrogen) atoms. The number of fused-ring (bicyclic) bond motifs is 1. The van der Waals surface area contributed by atoms with E-state index in [0.717, 1.165) is 5.39 Å². The molecule has 0 unspecified atom stereocenters. The van der Waals surface area contributed by atoms with Gasteiger partial charge in [-0.15, -0.1) is 0 Å². The van der Waals surface area contributed by atoms with Gasteiger partial charge in [-0.3, -0.25) is 0 Å². The number of alkyl halides is 1. The summed E-state index contributed by atoms with van der Waals surface area (Å²) in [4.78, 5) is 11.8. The quantitative estimate of drug-likeness (QED) is 0.794. The summed E-state index contributed by atoms with van der Waals surface area (Å²) >= 11 is 0. The maximum Gasteiger partial charge on any atom is 0.354 e. The van der Waals surface area contributed by atoms with Crippen molar-refractivity contribution in [2.24, 2.45) is 0 Å². The number of benzene rings is 1. The Morgan fingerprint density at radius 1 is 1.47 bits per heavy atom. The van der Waals surface area contributed by atoms with Crippen LogP contribution in [0.4, 0.5) is 4.39 Å². The van der Waals surface area contributed by atoms with E-state index >= 15 is 0 Å². The molecule has 2 aromatic rings. The molecule has 0 spiro atoms. The minimum absolute atomic E-state index is 0.0620. The van der Waals surface area contributed by atoms with E-state index in [9.17, 15) is 9.18 Å². The first-order valence-corrected chi connectivity index (χ1v) is 5.97. The largest absolute Gasteiger partial charge is 0.461 e. The smallest absolute Gasteiger partial charge is 0.354 e. The summed E-state index contributed by atoms with van der Waals surface area (Å²) in [5.41, 5.74) is 1.45. The van der Waals surface area contributed by atoms with Crippen LogP contribution in [-0.4, -0.2) is 23.8 Å². The van der Waals surface area contributed by atoms with E-state index < -0.39 is 12.6 Å². The van der Waals surface area contributed by atoms with Gasteiger partial charge < -0.3 is 9.30 Å². The Morgan fingerprint density at radius 3 is 2.89 bits per heavy atom. The van der Waals surface area contributed by atoms with Gasteiger partial charge in [0.1, 0.15) is 12.4 Å². The van der Waals surface area contributed by atoms with E-state index in [1.54, 1.807) is 35.8 Å². The predicted molar refractivity (Wildman–Crippen MR) is 68.6 cm³/mol. The number of nitrogens with zero attached hydrogens (tertiary/aromatic N) is 2. The topological polar surface area (TPSA) is 55.0 Å². The van der Waals surface area contributed by atoms with E-state index in [-0.39, 0.29) is 13.2 Å². The molecule has 0 amide bonds. The van der Waals surface area contributed by atoms with Crippen LogP contribution in [0.25, 0.3) is 10.9 Å². The number of carbonyl (C=O) groups is 1. The maximum atomic E-state index is 12.7. The van der Waals surface area contributed by atoms with Crippen LogP contribution in [0.15, 0.2) is 24.3 Å². The van der Waals surface area contributed by atoms with Gasteiger partial charge >= 0.3 is 5.97 Å². The molecule has 0 fully saturated rings. The highest BCUT2D eigenvalue weighted by Gasteiger charge is 2.16. The number of esters is 1. The average Bonchev–Trinajstić information content (AvgIpc) is 2.78. The molecule has 0 radical (unpaired) electrons. The minimum Gasteiger partial charge on any atom is -0.461 e. The van der Waals surface area contributed by atoms with Crippen LogP contribution in [-0.2, 0) is 11.3 Å². The number of hydrogen-bond acceptors (Lipinski definition) is 3. The van der Waals surface area contributed by atoms with Crippen LogP contribution in [0.3, 0.4) is 0 Å². The standard InChI is InChI=1S/C14H13FN2O2/c1-2-19-14(18)13-8-11-4-3-10(9-16)7-12(11)17(13)6-5-15/h3-4,7-8H,2,5-6H2,1H3. The summed E-state index contributed by atoms with van der Waals surface area (Å²) in [5, 5.41) is 9.68. The Hall–Kier alpha value is -2.35. The van der Waals surface area contributed by atoms with Crippen molar-refractivity contribution in [2.75, 3.05) is 13.3 Å². The second kappa shape index (κ2) is 5.53. The molecule has 4 nitrogen and oxygen atoms in total. The van der Waals surface area contributed by atoms with Crippen LogP contribution in [0.5, 0.6) is 0 Å². The summed E-state index contributed by atoms with van der Waals surface area (Å²) in [6.07, 6.45) is 0. The van der Waals surface area contributed by atoms with Gasteiger partial charge in [0.05, 0.1) is 30.3 Å². The highest BCUT2D eigenvalue weighted by Crippen LogP contribution is 2.22. The zero-order chi connectivity index (χ0) is 13.8. The Bertz CT molecular complexity index is 655. The van der Waals surface area contributed by atoms with Gasteiger partial charge in [-0.05, 0) is 25.1 Å². The zero-order valence-electron chi connectivity index (χ0n) is 10.5. The van der Waals surface area contributed by atoms with Gasteiger partial charge in [-0.2, -0.15) is 5.26 Å². The third-order valence-electron chi connectivity index (χ3n) is 2.83. The van der Waals surface area contributed by atoms with Gasteiger partial charge in [-0.25, -0.2) is 9.18 Å². The van der Waals surface area contributed by atoms with E-state index in [0.29, 0.717) is 16.8 Å². The Labute approximate surface area is 110 Å². The number of hydrogen-bond donors (Lipinski definition) is 0. The number of aryl methyl sites for hydroxylation is 1. The lowest BCUT2D eigenvalue weighted by Crippen LogP contribution is -2.13. The summed E-state index contributed by atoms with van der Waals surface area (Å²) in [7, 11) is 0. The molecule has 5 heteroatoms. The first-order chi connectivity index (χ1) is 9.21. The molecule has 0 N–H and O–H groups in total. The molecule has 0 aliphatic heterocycles. The summed E-state index contributed by atoms with van der Waals surface area (Å²) in [6.45, 7) is 1.45. The third kappa shape index (κ3) is 2.43. The summed E-state index contributed by atoms with van der Waals surface area (Å²) in [5.74, 6) is -0.481. The molecule has 0 saturated carbocycles. The number of ether oxygens (including phenoxy) is 1. The van der Waals surface area contributed by atoms with E-state index in [2.05, 4.69) is 0 Å². The molecule has 1 heterocycles. The molecular weight excluding hydrogens is 247 g/mol. The van der Waals surface area contributed by atoms with E-state index in [1.807, 2.05) is 6.07 Å². The van der Waals surface area contributed by atoms with Crippen LogP contribution in [0, 0.1) is 11.3 Å². The molecule has 1 aromatic heterocycles. The van der Waals surface area contributed by atoms with Gasteiger partial charge in [0, 0.05) is 5.39 Å². The van der Waals surface area contributed by atoms with Crippen molar-refractivity contribution in [3.05, 3.63) is 35.5 Å². The van der Waals surface area contributed by atoms with Crippen molar-refractivity contribution >= 4 is 16.9 Å². The fourth-order valence-electron chi connectivity index (χ4n) is 2.02. The van der Waals surface area contributed by atoms with Crippen LogP contribution >= 0.6 is 0 Å². The van der Waals surface area contributed by atoms with E-state index in [1.165, 1.54) is 0 Å². The number of halogens is 1. The van der Waals surface area contributed by atoms with Gasteiger partial charge in [0.2, 0.25) is 0 Å². The van der Waals surface area contributed by atoms with Crippen molar-refractivity contribution in [3.63, 3.8) is 0 Å². The second-order valence-electron chi connectivity index (χ2n) is 3.98. The maximum absolute atomic E-state index is 12.7. The van der Waals surface area contributed by atoms with E-state index in [4.69, 9.17) is 10.00 Å². The Kier molecular flexibility index (Phi) is 3.81. The van der Waals surface area contributed by atoms with Crippen LogP contribution in [0.1, 0.15) is 23.0 Å². The molecule has 0 aliphatic rings. The molecule has 0 bridgehead atoms.